The molecule has 3 aliphatic heterocycles. The van der Waals surface area contributed by atoms with E-state index >= 15 is 0 Å². The summed E-state index contributed by atoms with van der Waals surface area (Å²) in [6, 6.07) is 0. The molecule has 15 unspecified atom stereocenters. The standard InChI is InChI=1S/C45H78O19/c1-19(2)21(8-7-20(3)28-33(52)34(53)39-44(28,5)13-10-27-43(4)12-9-22(46)30(49)29(43)23(47)15-45(27,39)57)11-14-59-40-35(54)31(50)25(17-61-40)63-41-36(55)32(51)26(18-62-41)64-42-37(56)38(58-6)24(48)16-60-42/h19-42,46-57H,7-18H2,1-6H3/t20-,21-,22+,23+,24?,25?,26?,27?,28+,29?,30+,31?,32?,33-,34-,35?,36?,37?,38?,39?,40?,41?,42?,43-,44-,45+/m1/s1. The van der Waals surface area contributed by atoms with Crippen molar-refractivity contribution in [3.05, 3.63) is 0 Å². The average molecular weight is 923 g/mol. The van der Waals surface area contributed by atoms with Crippen molar-refractivity contribution in [2.45, 2.75) is 196 Å². The maximum atomic E-state index is 12.7. The molecular weight excluding hydrogens is 844 g/mol. The first-order valence-electron chi connectivity index (χ1n) is 23.6. The van der Waals surface area contributed by atoms with Crippen LogP contribution in [0.1, 0.15) is 86.0 Å². The summed E-state index contributed by atoms with van der Waals surface area (Å²) in [5, 5.41) is 133. The molecule has 0 aromatic heterocycles. The fourth-order valence-corrected chi connectivity index (χ4v) is 14.0. The highest BCUT2D eigenvalue weighted by atomic mass is 16.7. The molecule has 12 N–H and O–H groups in total. The van der Waals surface area contributed by atoms with E-state index in [0.29, 0.717) is 32.1 Å². The molecule has 7 rings (SSSR count). The fraction of sp³-hybridized carbons (Fsp3) is 1.00. The van der Waals surface area contributed by atoms with Gasteiger partial charge >= 0.3 is 0 Å². The van der Waals surface area contributed by atoms with Gasteiger partial charge in [0.1, 0.15) is 54.9 Å². The zero-order valence-corrected chi connectivity index (χ0v) is 38.1. The topological polar surface area (TPSA) is 307 Å². The van der Waals surface area contributed by atoms with Crippen LogP contribution < -0.4 is 0 Å². The Balaban J connectivity index is 0.887. The zero-order valence-electron chi connectivity index (χ0n) is 38.1. The summed E-state index contributed by atoms with van der Waals surface area (Å²) < 4.78 is 39.2. The minimum atomic E-state index is -1.66. The molecule has 0 spiro atoms. The van der Waals surface area contributed by atoms with Crippen molar-refractivity contribution in [2.75, 3.05) is 33.5 Å². The van der Waals surface area contributed by atoms with E-state index in [9.17, 15) is 61.3 Å². The van der Waals surface area contributed by atoms with Gasteiger partial charge in [-0.05, 0) is 78.9 Å². The normalized spacial score (nSPS) is 53.0. The SMILES string of the molecule is COC1C(O)COC(OC2COC(OC3COC(OCC[C@@H](CC[C@@H](C)[C@H]4[C@@H](O)[C@@H](O)C5[C@]6(O)C[C@H](O)C7[C@@H](O)[C@@H](O)CC[C@]7(C)C6CC[C@@]54C)C(C)C)C(O)C3O)C(O)C2O)C1O. The summed E-state index contributed by atoms with van der Waals surface area (Å²) in [6.07, 6.45) is -17.1. The van der Waals surface area contributed by atoms with E-state index in [1.165, 1.54) is 7.11 Å². The highest BCUT2D eigenvalue weighted by molar-refractivity contribution is 5.22. The number of fused-ring (bicyclic) bond motifs is 5. The van der Waals surface area contributed by atoms with Crippen molar-refractivity contribution in [1.82, 2.24) is 0 Å². The van der Waals surface area contributed by atoms with Crippen LogP contribution in [0.25, 0.3) is 0 Å². The Morgan fingerprint density at radius 1 is 0.594 bits per heavy atom. The van der Waals surface area contributed by atoms with E-state index in [4.69, 9.17) is 33.2 Å². The van der Waals surface area contributed by atoms with Gasteiger partial charge in [0.05, 0.1) is 62.5 Å². The first kappa shape index (κ1) is 51.1. The van der Waals surface area contributed by atoms with Crippen LogP contribution in [0.2, 0.25) is 0 Å². The lowest BCUT2D eigenvalue weighted by Gasteiger charge is -2.66. The van der Waals surface area contributed by atoms with E-state index in [-0.39, 0.29) is 62.4 Å². The fourth-order valence-electron chi connectivity index (χ4n) is 14.0. The highest BCUT2D eigenvalue weighted by Gasteiger charge is 2.73. The van der Waals surface area contributed by atoms with Gasteiger partial charge in [-0.1, -0.05) is 41.0 Å². The van der Waals surface area contributed by atoms with Crippen molar-refractivity contribution >= 4 is 0 Å². The molecule has 7 aliphatic rings. The third-order valence-electron chi connectivity index (χ3n) is 17.4. The van der Waals surface area contributed by atoms with Gasteiger partial charge in [0.15, 0.2) is 18.9 Å². The molecular formula is C45H78O19. The van der Waals surface area contributed by atoms with Gasteiger partial charge in [0, 0.05) is 25.4 Å². The van der Waals surface area contributed by atoms with Crippen LogP contribution in [-0.2, 0) is 33.2 Å². The van der Waals surface area contributed by atoms with Crippen molar-refractivity contribution in [1.29, 1.82) is 0 Å². The molecule has 4 saturated carbocycles. The van der Waals surface area contributed by atoms with E-state index in [1.807, 2.05) is 6.92 Å². The number of ether oxygens (including phenoxy) is 7. The van der Waals surface area contributed by atoms with Crippen LogP contribution >= 0.6 is 0 Å². The van der Waals surface area contributed by atoms with Crippen LogP contribution in [0.3, 0.4) is 0 Å². The first-order valence-corrected chi connectivity index (χ1v) is 23.6. The third-order valence-corrected chi connectivity index (χ3v) is 17.4. The second-order valence-corrected chi connectivity index (χ2v) is 21.4. The second kappa shape index (κ2) is 19.9. The summed E-state index contributed by atoms with van der Waals surface area (Å²) in [6.45, 7) is 9.85. The summed E-state index contributed by atoms with van der Waals surface area (Å²) >= 11 is 0. The maximum absolute atomic E-state index is 12.7. The molecule has 0 radical (unpaired) electrons. The Hall–Kier alpha value is -0.760. The largest absolute Gasteiger partial charge is 0.393 e. The number of aliphatic hydroxyl groups is 12. The molecule has 3 saturated heterocycles. The maximum Gasteiger partial charge on any atom is 0.186 e. The van der Waals surface area contributed by atoms with E-state index in [0.717, 1.165) is 12.8 Å². The van der Waals surface area contributed by atoms with E-state index in [2.05, 4.69) is 27.7 Å². The predicted octanol–water partition coefficient (Wildman–Crippen LogP) is -1.88. The quantitative estimate of drug-likeness (QED) is 0.0908. The lowest BCUT2D eigenvalue weighted by atomic mass is 9.41. The molecule has 0 bridgehead atoms. The third kappa shape index (κ3) is 9.10. The zero-order chi connectivity index (χ0) is 46.8. The molecule has 26 atom stereocenters. The van der Waals surface area contributed by atoms with Gasteiger partial charge in [-0.3, -0.25) is 0 Å². The van der Waals surface area contributed by atoms with Crippen LogP contribution in [0, 0.1) is 52.3 Å². The van der Waals surface area contributed by atoms with E-state index in [1.54, 1.807) is 0 Å². The lowest BCUT2D eigenvalue weighted by molar-refractivity contribution is -0.349. The van der Waals surface area contributed by atoms with Gasteiger partial charge in [0.2, 0.25) is 0 Å². The molecule has 372 valence electrons. The Morgan fingerprint density at radius 3 is 1.80 bits per heavy atom. The molecule has 19 heteroatoms. The van der Waals surface area contributed by atoms with Gasteiger partial charge in [-0.15, -0.1) is 0 Å². The van der Waals surface area contributed by atoms with E-state index < -0.39 is 133 Å². The molecule has 64 heavy (non-hydrogen) atoms. The molecule has 0 aromatic rings. The van der Waals surface area contributed by atoms with Crippen molar-refractivity contribution in [3.8, 4) is 0 Å². The van der Waals surface area contributed by atoms with Crippen molar-refractivity contribution in [2.24, 2.45) is 52.3 Å². The Kier molecular flexibility index (Phi) is 15.9. The van der Waals surface area contributed by atoms with Gasteiger partial charge in [-0.25, -0.2) is 0 Å². The van der Waals surface area contributed by atoms with Crippen LogP contribution in [0.5, 0.6) is 0 Å². The molecule has 0 aromatic carbocycles. The summed E-state index contributed by atoms with van der Waals surface area (Å²) in [7, 11) is 1.31. The first-order chi connectivity index (χ1) is 30.1. The number of hydrogen-bond donors (Lipinski definition) is 12. The highest BCUT2D eigenvalue weighted by Crippen LogP contribution is 2.70. The number of rotatable bonds is 14. The smallest absolute Gasteiger partial charge is 0.186 e. The summed E-state index contributed by atoms with van der Waals surface area (Å²) in [5.74, 6) is -1.57. The summed E-state index contributed by atoms with van der Waals surface area (Å²) in [4.78, 5) is 0. The Bertz CT molecular complexity index is 1530. The molecule has 3 heterocycles. The number of aliphatic hydroxyl groups excluding tert-OH is 11. The van der Waals surface area contributed by atoms with Gasteiger partial charge in [0.25, 0.3) is 0 Å². The minimum Gasteiger partial charge on any atom is -0.393 e. The van der Waals surface area contributed by atoms with Gasteiger partial charge < -0.3 is 94.4 Å². The van der Waals surface area contributed by atoms with Crippen LogP contribution in [0.15, 0.2) is 0 Å². The average Bonchev–Trinajstić information content (AvgIpc) is 3.44. The van der Waals surface area contributed by atoms with Crippen LogP contribution in [0.4, 0.5) is 0 Å². The Labute approximate surface area is 375 Å². The van der Waals surface area contributed by atoms with Crippen molar-refractivity contribution < 1.29 is 94.4 Å². The number of hydrogen-bond acceptors (Lipinski definition) is 19. The molecule has 19 nitrogen and oxygen atoms in total. The van der Waals surface area contributed by atoms with Gasteiger partial charge in [-0.2, -0.15) is 0 Å². The molecule has 7 fully saturated rings. The molecule has 4 aliphatic carbocycles. The van der Waals surface area contributed by atoms with Crippen LogP contribution in [-0.4, -0.2) is 205 Å². The second-order valence-electron chi connectivity index (χ2n) is 21.4. The van der Waals surface area contributed by atoms with Crippen molar-refractivity contribution in [3.63, 3.8) is 0 Å². The summed E-state index contributed by atoms with van der Waals surface area (Å²) in [5.41, 5.74) is -2.75. The monoisotopic (exact) mass is 923 g/mol. The molecule has 0 amide bonds. The predicted molar refractivity (Wildman–Crippen MR) is 221 cm³/mol. The Morgan fingerprint density at radius 2 is 1.17 bits per heavy atom. The number of methoxy groups -OCH3 is 1. The lowest BCUT2D eigenvalue weighted by Crippen LogP contribution is -2.71. The minimum absolute atomic E-state index is 0.0373.